The summed E-state index contributed by atoms with van der Waals surface area (Å²) in [6.45, 7) is 2.30. The summed E-state index contributed by atoms with van der Waals surface area (Å²) in [7, 11) is 0. The van der Waals surface area contributed by atoms with Crippen molar-refractivity contribution in [3.05, 3.63) is 65.0 Å². The lowest BCUT2D eigenvalue weighted by Crippen LogP contribution is -2.13. The predicted octanol–water partition coefficient (Wildman–Crippen LogP) is 2.85. The molecule has 0 aliphatic rings. The molecular weight excluding hydrogens is 243 g/mol. The number of nitrogens with one attached hydrogen (secondary N) is 1. The van der Waals surface area contributed by atoms with Gasteiger partial charge in [-0.25, -0.2) is 4.39 Å². The van der Waals surface area contributed by atoms with Crippen molar-refractivity contribution < 1.29 is 9.18 Å². The van der Waals surface area contributed by atoms with Gasteiger partial charge in [0.15, 0.2) is 0 Å². The number of hydrogen-bond donors (Lipinski definition) is 2. The zero-order valence-electron chi connectivity index (χ0n) is 10.6. The van der Waals surface area contributed by atoms with Gasteiger partial charge in [0.25, 0.3) is 5.91 Å². The molecule has 98 valence electrons. The fourth-order valence-corrected chi connectivity index (χ4v) is 1.75. The van der Waals surface area contributed by atoms with Crippen LogP contribution < -0.4 is 11.1 Å². The first-order valence-corrected chi connectivity index (χ1v) is 5.96. The zero-order chi connectivity index (χ0) is 13.8. The van der Waals surface area contributed by atoms with E-state index >= 15 is 0 Å². The molecule has 0 fully saturated rings. The third-order valence-electron chi connectivity index (χ3n) is 2.87. The Hall–Kier alpha value is -2.20. The molecule has 0 aliphatic carbocycles. The van der Waals surface area contributed by atoms with Crippen LogP contribution in [0.25, 0.3) is 0 Å². The van der Waals surface area contributed by atoms with E-state index in [1.807, 2.05) is 25.1 Å². The highest BCUT2D eigenvalue weighted by atomic mass is 19.1. The number of carbonyl (C=O) groups is 1. The van der Waals surface area contributed by atoms with Gasteiger partial charge in [0.1, 0.15) is 5.82 Å². The molecule has 0 bridgehead atoms. The van der Waals surface area contributed by atoms with Gasteiger partial charge in [-0.1, -0.05) is 18.2 Å². The van der Waals surface area contributed by atoms with Crippen LogP contribution in [0.5, 0.6) is 0 Å². The molecule has 3 N–H and O–H groups in total. The van der Waals surface area contributed by atoms with Crippen LogP contribution in [-0.2, 0) is 6.54 Å². The molecule has 0 unspecified atom stereocenters. The summed E-state index contributed by atoms with van der Waals surface area (Å²) in [5, 5.41) is 2.77. The van der Waals surface area contributed by atoms with Crippen molar-refractivity contribution >= 4 is 11.6 Å². The Bertz CT molecular complexity index is 611. The monoisotopic (exact) mass is 258 g/mol. The number of amides is 1. The van der Waals surface area contributed by atoms with Crippen LogP contribution >= 0.6 is 0 Å². The van der Waals surface area contributed by atoms with E-state index in [0.717, 1.165) is 11.1 Å². The summed E-state index contributed by atoms with van der Waals surface area (Å²) in [4.78, 5) is 12.0. The van der Waals surface area contributed by atoms with Crippen LogP contribution in [-0.4, -0.2) is 5.91 Å². The third-order valence-corrected chi connectivity index (χ3v) is 2.87. The van der Waals surface area contributed by atoms with Crippen LogP contribution in [0.1, 0.15) is 21.5 Å². The molecule has 19 heavy (non-hydrogen) atoms. The number of aryl methyl sites for hydroxylation is 1. The Morgan fingerprint density at radius 3 is 2.74 bits per heavy atom. The van der Waals surface area contributed by atoms with E-state index in [2.05, 4.69) is 5.32 Å². The van der Waals surface area contributed by atoms with E-state index < -0.39 is 5.82 Å². The van der Waals surface area contributed by atoms with Crippen LogP contribution in [0, 0.1) is 12.7 Å². The summed E-state index contributed by atoms with van der Waals surface area (Å²) in [5.74, 6) is -0.767. The van der Waals surface area contributed by atoms with Crippen molar-refractivity contribution in [1.29, 1.82) is 0 Å². The SMILES string of the molecule is Cc1ccc(CN)cc1NC(=O)c1cccc(F)c1. The van der Waals surface area contributed by atoms with E-state index in [4.69, 9.17) is 5.73 Å². The first kappa shape index (κ1) is 13.2. The maximum absolute atomic E-state index is 13.1. The fourth-order valence-electron chi connectivity index (χ4n) is 1.75. The summed E-state index contributed by atoms with van der Waals surface area (Å²) in [6.07, 6.45) is 0. The van der Waals surface area contributed by atoms with Crippen LogP contribution in [0.3, 0.4) is 0 Å². The van der Waals surface area contributed by atoms with E-state index in [1.54, 1.807) is 6.07 Å². The number of hydrogen-bond acceptors (Lipinski definition) is 2. The Morgan fingerprint density at radius 1 is 1.26 bits per heavy atom. The van der Waals surface area contributed by atoms with Crippen molar-refractivity contribution in [3.8, 4) is 0 Å². The smallest absolute Gasteiger partial charge is 0.255 e. The third kappa shape index (κ3) is 3.17. The highest BCUT2D eigenvalue weighted by molar-refractivity contribution is 6.04. The maximum atomic E-state index is 13.1. The number of anilines is 1. The molecule has 0 saturated heterocycles. The molecule has 0 saturated carbocycles. The minimum atomic E-state index is -0.430. The van der Waals surface area contributed by atoms with Gasteiger partial charge in [-0.05, 0) is 42.3 Å². The number of halogens is 1. The first-order valence-electron chi connectivity index (χ1n) is 5.96. The lowest BCUT2D eigenvalue weighted by molar-refractivity contribution is 0.102. The molecule has 1 amide bonds. The van der Waals surface area contributed by atoms with Crippen molar-refractivity contribution in [2.75, 3.05) is 5.32 Å². The molecule has 0 spiro atoms. The highest BCUT2D eigenvalue weighted by Gasteiger charge is 2.08. The molecular formula is C15H15FN2O. The standard InChI is InChI=1S/C15H15FN2O/c1-10-5-6-11(9-17)7-14(10)18-15(19)12-3-2-4-13(16)8-12/h2-8H,9,17H2,1H3,(H,18,19). The molecule has 4 heteroatoms. The van der Waals surface area contributed by atoms with Crippen molar-refractivity contribution in [3.63, 3.8) is 0 Å². The number of benzene rings is 2. The summed E-state index contributed by atoms with van der Waals surface area (Å²) in [6, 6.07) is 11.2. The molecule has 0 aliphatic heterocycles. The highest BCUT2D eigenvalue weighted by Crippen LogP contribution is 2.18. The molecule has 0 radical (unpaired) electrons. The van der Waals surface area contributed by atoms with Gasteiger partial charge in [-0.3, -0.25) is 4.79 Å². The first-order chi connectivity index (χ1) is 9.10. The van der Waals surface area contributed by atoms with Crippen LogP contribution in [0.15, 0.2) is 42.5 Å². The topological polar surface area (TPSA) is 55.1 Å². The number of carbonyl (C=O) groups excluding carboxylic acids is 1. The minimum absolute atomic E-state index is 0.289. The second-order valence-corrected chi connectivity index (χ2v) is 4.32. The van der Waals surface area contributed by atoms with Gasteiger partial charge in [0, 0.05) is 17.8 Å². The van der Waals surface area contributed by atoms with Crippen molar-refractivity contribution in [1.82, 2.24) is 0 Å². The Labute approximate surface area is 111 Å². The summed E-state index contributed by atoms with van der Waals surface area (Å²) in [5.41, 5.74) is 8.41. The van der Waals surface area contributed by atoms with Crippen LogP contribution in [0.2, 0.25) is 0 Å². The number of rotatable bonds is 3. The Balaban J connectivity index is 2.23. The lowest BCUT2D eigenvalue weighted by atomic mass is 10.1. The van der Waals surface area contributed by atoms with Gasteiger partial charge in [-0.2, -0.15) is 0 Å². The quantitative estimate of drug-likeness (QED) is 0.889. The summed E-state index contributed by atoms with van der Waals surface area (Å²) < 4.78 is 13.1. The maximum Gasteiger partial charge on any atom is 0.255 e. The Kier molecular flexibility index (Phi) is 3.92. The largest absolute Gasteiger partial charge is 0.326 e. The van der Waals surface area contributed by atoms with Crippen molar-refractivity contribution in [2.24, 2.45) is 5.73 Å². The van der Waals surface area contributed by atoms with Crippen molar-refractivity contribution in [2.45, 2.75) is 13.5 Å². The second kappa shape index (κ2) is 5.63. The molecule has 0 atom stereocenters. The van der Waals surface area contributed by atoms with Gasteiger partial charge >= 0.3 is 0 Å². The molecule has 2 rings (SSSR count). The minimum Gasteiger partial charge on any atom is -0.326 e. The van der Waals surface area contributed by atoms with Gasteiger partial charge in [0.2, 0.25) is 0 Å². The van der Waals surface area contributed by atoms with E-state index in [0.29, 0.717) is 12.2 Å². The Morgan fingerprint density at radius 2 is 2.05 bits per heavy atom. The van der Waals surface area contributed by atoms with Gasteiger partial charge in [-0.15, -0.1) is 0 Å². The normalized spacial score (nSPS) is 10.3. The average Bonchev–Trinajstić information content (AvgIpc) is 2.41. The molecule has 0 aromatic heterocycles. The second-order valence-electron chi connectivity index (χ2n) is 4.32. The molecule has 2 aromatic carbocycles. The zero-order valence-corrected chi connectivity index (χ0v) is 10.6. The van der Waals surface area contributed by atoms with Gasteiger partial charge < -0.3 is 11.1 Å². The van der Waals surface area contributed by atoms with Crippen LogP contribution in [0.4, 0.5) is 10.1 Å². The van der Waals surface area contributed by atoms with E-state index in [-0.39, 0.29) is 11.5 Å². The molecule has 2 aromatic rings. The number of nitrogens with two attached hydrogens (primary N) is 1. The lowest BCUT2D eigenvalue weighted by Gasteiger charge is -2.10. The van der Waals surface area contributed by atoms with E-state index in [1.165, 1.54) is 18.2 Å². The van der Waals surface area contributed by atoms with E-state index in [9.17, 15) is 9.18 Å². The average molecular weight is 258 g/mol. The predicted molar refractivity (Wildman–Crippen MR) is 73.4 cm³/mol. The fraction of sp³-hybridized carbons (Fsp3) is 0.133. The summed E-state index contributed by atoms with van der Waals surface area (Å²) >= 11 is 0. The molecule has 3 nitrogen and oxygen atoms in total. The van der Waals surface area contributed by atoms with Gasteiger partial charge in [0.05, 0.1) is 0 Å². The molecule has 0 heterocycles.